The van der Waals surface area contributed by atoms with Crippen molar-refractivity contribution in [1.29, 1.82) is 0 Å². The number of carbonyl (C=O) groups is 1. The lowest BCUT2D eigenvalue weighted by Gasteiger charge is -2.09. The van der Waals surface area contributed by atoms with Crippen molar-refractivity contribution in [1.82, 2.24) is 9.78 Å². The Bertz CT molecular complexity index is 942. The van der Waals surface area contributed by atoms with Gasteiger partial charge in [0.2, 0.25) is 0 Å². The first-order valence-electron chi connectivity index (χ1n) is 8.63. The second kappa shape index (κ2) is 9.59. The fraction of sp³-hybridized carbons (Fsp3) is 0.200. The van der Waals surface area contributed by atoms with Crippen LogP contribution in [0.25, 0.3) is 0 Å². The highest BCUT2D eigenvalue weighted by atomic mass is 35.5. The van der Waals surface area contributed by atoms with Crippen LogP contribution in [0.1, 0.15) is 22.8 Å². The number of amides is 1. The molecule has 8 heteroatoms. The summed E-state index contributed by atoms with van der Waals surface area (Å²) in [5.74, 6) is 0.334. The van der Waals surface area contributed by atoms with Crippen LogP contribution in [-0.2, 0) is 18.1 Å². The zero-order chi connectivity index (χ0) is 19.9. The van der Waals surface area contributed by atoms with E-state index in [-0.39, 0.29) is 5.91 Å². The highest BCUT2D eigenvalue weighted by Gasteiger charge is 2.08. The molecule has 1 heterocycles. The molecule has 0 bridgehead atoms. The van der Waals surface area contributed by atoms with Crippen molar-refractivity contribution in [3.05, 3.63) is 76.0 Å². The maximum atomic E-state index is 12.4. The van der Waals surface area contributed by atoms with Crippen LogP contribution in [0.4, 0.5) is 5.69 Å². The van der Waals surface area contributed by atoms with Crippen molar-refractivity contribution in [3.63, 3.8) is 0 Å². The molecule has 0 aliphatic rings. The Kier molecular flexibility index (Phi) is 6.92. The number of nitrogens with zero attached hydrogens (tertiary/aromatic N) is 2. The Hall–Kier alpha value is -2.54. The Morgan fingerprint density at radius 3 is 2.68 bits per heavy atom. The predicted molar refractivity (Wildman–Crippen MR) is 109 cm³/mol. The molecule has 0 saturated heterocycles. The Balaban J connectivity index is 1.55. The lowest BCUT2D eigenvalue weighted by atomic mass is 10.1. The van der Waals surface area contributed by atoms with E-state index in [0.29, 0.717) is 47.0 Å². The van der Waals surface area contributed by atoms with Crippen LogP contribution in [0.2, 0.25) is 10.0 Å². The van der Waals surface area contributed by atoms with Gasteiger partial charge in [0.05, 0.1) is 23.1 Å². The number of carbonyl (C=O) groups excluding carboxylic acids is 1. The van der Waals surface area contributed by atoms with Crippen molar-refractivity contribution in [3.8, 4) is 5.75 Å². The molecule has 28 heavy (non-hydrogen) atoms. The van der Waals surface area contributed by atoms with Crippen molar-refractivity contribution in [2.24, 2.45) is 0 Å². The van der Waals surface area contributed by atoms with Gasteiger partial charge in [-0.1, -0.05) is 35.3 Å². The number of aromatic nitrogens is 2. The molecule has 6 nitrogen and oxygen atoms in total. The molecule has 1 aromatic heterocycles. The monoisotopic (exact) mass is 419 g/mol. The van der Waals surface area contributed by atoms with Crippen LogP contribution < -0.4 is 10.1 Å². The van der Waals surface area contributed by atoms with Crippen molar-refractivity contribution >= 4 is 34.8 Å². The maximum absolute atomic E-state index is 12.4. The number of rotatable bonds is 8. The van der Waals surface area contributed by atoms with E-state index >= 15 is 0 Å². The number of anilines is 1. The zero-order valence-corrected chi connectivity index (χ0v) is 16.7. The average Bonchev–Trinajstić information content (AvgIpc) is 3.13. The topological polar surface area (TPSA) is 65.4 Å². The fourth-order valence-corrected chi connectivity index (χ4v) is 2.86. The summed E-state index contributed by atoms with van der Waals surface area (Å²) in [6.45, 7) is 3.18. The minimum atomic E-state index is -0.218. The van der Waals surface area contributed by atoms with Crippen LogP contribution >= 0.6 is 23.2 Å². The summed E-state index contributed by atoms with van der Waals surface area (Å²) in [6, 6.07) is 12.2. The molecule has 0 atom stereocenters. The van der Waals surface area contributed by atoms with Gasteiger partial charge in [-0.3, -0.25) is 4.79 Å². The van der Waals surface area contributed by atoms with Gasteiger partial charge < -0.3 is 14.8 Å². The van der Waals surface area contributed by atoms with Gasteiger partial charge in [0, 0.05) is 17.2 Å². The molecule has 0 saturated carbocycles. The van der Waals surface area contributed by atoms with Crippen LogP contribution in [0, 0.1) is 0 Å². The third kappa shape index (κ3) is 5.48. The lowest BCUT2D eigenvalue weighted by Crippen LogP contribution is -2.11. The SMILES string of the molecule is CCOCn1cc(NC(=O)c2ccc(COc3ccc(Cl)cc3Cl)cc2)cn1. The highest BCUT2D eigenvalue weighted by molar-refractivity contribution is 6.35. The van der Waals surface area contributed by atoms with Crippen LogP contribution in [-0.4, -0.2) is 22.3 Å². The van der Waals surface area contributed by atoms with E-state index in [0.717, 1.165) is 5.56 Å². The van der Waals surface area contributed by atoms with Gasteiger partial charge in [0.1, 0.15) is 19.1 Å². The second-order valence-electron chi connectivity index (χ2n) is 5.90. The van der Waals surface area contributed by atoms with Crippen molar-refractivity contribution in [2.75, 3.05) is 11.9 Å². The predicted octanol–water partition coefficient (Wildman–Crippen LogP) is 5.02. The third-order valence-electron chi connectivity index (χ3n) is 3.82. The molecular weight excluding hydrogens is 401 g/mol. The fourth-order valence-electron chi connectivity index (χ4n) is 2.39. The molecule has 0 spiro atoms. The van der Waals surface area contributed by atoms with E-state index in [1.165, 1.54) is 0 Å². The lowest BCUT2D eigenvalue weighted by molar-refractivity contribution is 0.0792. The first-order chi connectivity index (χ1) is 13.5. The highest BCUT2D eigenvalue weighted by Crippen LogP contribution is 2.28. The molecule has 3 aromatic rings. The molecule has 2 aromatic carbocycles. The summed E-state index contributed by atoms with van der Waals surface area (Å²) >= 11 is 12.0. The summed E-state index contributed by atoms with van der Waals surface area (Å²) in [7, 11) is 0. The molecular formula is C20H19Cl2N3O3. The summed E-state index contributed by atoms with van der Waals surface area (Å²) in [4.78, 5) is 12.4. The molecule has 3 rings (SSSR count). The number of benzene rings is 2. The van der Waals surface area contributed by atoms with Gasteiger partial charge in [0.25, 0.3) is 5.91 Å². The minimum Gasteiger partial charge on any atom is -0.487 e. The Morgan fingerprint density at radius 2 is 1.96 bits per heavy atom. The van der Waals surface area contributed by atoms with Gasteiger partial charge >= 0.3 is 0 Å². The number of ether oxygens (including phenoxy) is 2. The molecule has 0 fully saturated rings. The first kappa shape index (κ1) is 20.2. The number of hydrogen-bond donors (Lipinski definition) is 1. The first-order valence-corrected chi connectivity index (χ1v) is 9.39. The summed E-state index contributed by atoms with van der Waals surface area (Å²) in [5.41, 5.74) is 2.05. The van der Waals surface area contributed by atoms with Crippen LogP contribution in [0.15, 0.2) is 54.9 Å². The van der Waals surface area contributed by atoms with Crippen molar-refractivity contribution < 1.29 is 14.3 Å². The molecule has 1 N–H and O–H groups in total. The smallest absolute Gasteiger partial charge is 0.255 e. The van der Waals surface area contributed by atoms with Gasteiger partial charge in [0.15, 0.2) is 0 Å². The van der Waals surface area contributed by atoms with Gasteiger partial charge in [-0.05, 0) is 42.8 Å². The average molecular weight is 420 g/mol. The summed E-state index contributed by atoms with van der Waals surface area (Å²) in [6.07, 6.45) is 3.29. The van der Waals surface area contributed by atoms with E-state index in [4.69, 9.17) is 32.7 Å². The zero-order valence-electron chi connectivity index (χ0n) is 15.2. The van der Waals surface area contributed by atoms with Crippen LogP contribution in [0.5, 0.6) is 5.75 Å². The van der Waals surface area contributed by atoms with E-state index in [2.05, 4.69) is 10.4 Å². The third-order valence-corrected chi connectivity index (χ3v) is 4.35. The standard InChI is InChI=1S/C20H19Cl2N3O3/c1-2-27-13-25-11-17(10-23-25)24-20(26)15-5-3-14(4-6-15)12-28-19-8-7-16(21)9-18(19)22/h3-11H,2,12-13H2,1H3,(H,24,26). The summed E-state index contributed by atoms with van der Waals surface area (Å²) < 4.78 is 12.6. The van der Waals surface area contributed by atoms with E-state index < -0.39 is 0 Å². The molecule has 0 unspecified atom stereocenters. The molecule has 146 valence electrons. The Morgan fingerprint density at radius 1 is 1.18 bits per heavy atom. The minimum absolute atomic E-state index is 0.218. The van der Waals surface area contributed by atoms with E-state index in [1.807, 2.05) is 19.1 Å². The van der Waals surface area contributed by atoms with E-state index in [1.54, 1.807) is 47.4 Å². The second-order valence-corrected chi connectivity index (χ2v) is 6.75. The quantitative estimate of drug-likeness (QED) is 0.556. The molecule has 0 aliphatic carbocycles. The maximum Gasteiger partial charge on any atom is 0.255 e. The van der Waals surface area contributed by atoms with Gasteiger partial charge in [-0.2, -0.15) is 5.10 Å². The number of halogens is 2. The summed E-state index contributed by atoms with van der Waals surface area (Å²) in [5, 5.41) is 7.93. The largest absolute Gasteiger partial charge is 0.487 e. The van der Waals surface area contributed by atoms with Gasteiger partial charge in [-0.15, -0.1) is 0 Å². The molecule has 0 radical (unpaired) electrons. The van der Waals surface area contributed by atoms with E-state index in [9.17, 15) is 4.79 Å². The Labute approximate surface area is 173 Å². The molecule has 1 amide bonds. The number of nitrogens with one attached hydrogen (secondary N) is 1. The normalized spacial score (nSPS) is 10.7. The van der Waals surface area contributed by atoms with Crippen molar-refractivity contribution in [2.45, 2.75) is 20.3 Å². The molecule has 0 aliphatic heterocycles. The van der Waals surface area contributed by atoms with Crippen LogP contribution in [0.3, 0.4) is 0 Å². The van der Waals surface area contributed by atoms with Gasteiger partial charge in [-0.25, -0.2) is 4.68 Å². The number of hydrogen-bond acceptors (Lipinski definition) is 4.